The molecule has 1 amide bonds. The molecular formula is C29H45ClN4O2. The first-order chi connectivity index (χ1) is 17.2. The molecule has 1 aromatic heterocycles. The number of H-pyrrole nitrogens is 1. The predicted octanol–water partition coefficient (Wildman–Crippen LogP) is 7.08. The van der Waals surface area contributed by atoms with Gasteiger partial charge in [-0.15, -0.1) is 5.10 Å². The number of carbonyl (C=O) groups is 1. The van der Waals surface area contributed by atoms with Crippen LogP contribution in [0.1, 0.15) is 93.9 Å². The van der Waals surface area contributed by atoms with E-state index in [1.54, 1.807) is 6.07 Å². The second kappa shape index (κ2) is 12.8. The lowest BCUT2D eigenvalue weighted by molar-refractivity contribution is 0.0950. The fraction of sp³-hybridized carbons (Fsp3) is 0.655. The van der Waals surface area contributed by atoms with Crippen LogP contribution in [0.15, 0.2) is 12.1 Å². The van der Waals surface area contributed by atoms with Gasteiger partial charge in [0.05, 0.1) is 18.7 Å². The van der Waals surface area contributed by atoms with Gasteiger partial charge in [0.25, 0.3) is 5.91 Å². The van der Waals surface area contributed by atoms with Crippen LogP contribution in [0, 0.1) is 31.6 Å². The van der Waals surface area contributed by atoms with Crippen LogP contribution in [0.25, 0.3) is 0 Å². The van der Waals surface area contributed by atoms with E-state index < -0.39 is 0 Å². The van der Waals surface area contributed by atoms with Gasteiger partial charge in [0.15, 0.2) is 0 Å². The first kappa shape index (κ1) is 28.4. The number of carbonyl (C=O) groups excluding carboxylic acids is 1. The number of nitrogens with one attached hydrogen (secondary N) is 2. The quantitative estimate of drug-likeness (QED) is 0.335. The molecule has 0 saturated heterocycles. The molecule has 36 heavy (non-hydrogen) atoms. The van der Waals surface area contributed by atoms with Crippen molar-refractivity contribution in [2.45, 2.75) is 93.2 Å². The van der Waals surface area contributed by atoms with Gasteiger partial charge in [-0.3, -0.25) is 9.89 Å². The van der Waals surface area contributed by atoms with Crippen LogP contribution in [0.5, 0.6) is 5.88 Å². The molecule has 7 heteroatoms. The molecule has 1 saturated carbocycles. The smallest absolute Gasteiger partial charge is 0.251 e. The van der Waals surface area contributed by atoms with E-state index >= 15 is 0 Å². The van der Waals surface area contributed by atoms with Crippen molar-refractivity contribution in [3.63, 3.8) is 0 Å². The molecule has 0 radical (unpaired) electrons. The third kappa shape index (κ3) is 6.37. The minimum absolute atomic E-state index is 0.137. The first-order valence-corrected chi connectivity index (χ1v) is 14.1. The Balaban J connectivity index is 1.76. The number of anilines is 1. The SMILES string of the molecule is CCOc1n[nH]c(C)c1CNC(=O)c1cc(Cl)cc(N(CC)C2CCC(C(CC)C(C)C)CC2)c1C. The number of aromatic amines is 1. The highest BCUT2D eigenvalue weighted by Crippen LogP contribution is 2.39. The zero-order chi connectivity index (χ0) is 26.4. The van der Waals surface area contributed by atoms with E-state index in [0.29, 0.717) is 35.7 Å². The fourth-order valence-corrected chi connectivity index (χ4v) is 6.39. The molecule has 0 aliphatic heterocycles. The van der Waals surface area contributed by atoms with Crippen molar-refractivity contribution in [1.29, 1.82) is 0 Å². The maximum atomic E-state index is 13.3. The van der Waals surface area contributed by atoms with Crippen molar-refractivity contribution in [1.82, 2.24) is 15.5 Å². The largest absolute Gasteiger partial charge is 0.477 e. The number of hydrogen-bond donors (Lipinski definition) is 2. The van der Waals surface area contributed by atoms with Gasteiger partial charge < -0.3 is 15.0 Å². The number of hydrogen-bond acceptors (Lipinski definition) is 4. The summed E-state index contributed by atoms with van der Waals surface area (Å²) in [6.07, 6.45) is 6.19. The molecule has 200 valence electrons. The molecule has 1 heterocycles. The Kier molecular flexibility index (Phi) is 10.1. The Bertz CT molecular complexity index is 1010. The molecule has 6 nitrogen and oxygen atoms in total. The molecule has 1 aliphatic carbocycles. The average Bonchev–Trinajstić information content (AvgIpc) is 3.20. The summed E-state index contributed by atoms with van der Waals surface area (Å²) in [5, 5.41) is 10.8. The van der Waals surface area contributed by atoms with Gasteiger partial charge in [-0.05, 0) is 88.8 Å². The van der Waals surface area contributed by atoms with Gasteiger partial charge in [0.1, 0.15) is 0 Å². The topological polar surface area (TPSA) is 70.2 Å². The Morgan fingerprint density at radius 3 is 2.47 bits per heavy atom. The summed E-state index contributed by atoms with van der Waals surface area (Å²) in [7, 11) is 0. The van der Waals surface area contributed by atoms with Crippen LogP contribution in [-0.4, -0.2) is 35.3 Å². The summed E-state index contributed by atoms with van der Waals surface area (Å²) in [4.78, 5) is 15.8. The standard InChI is InChI=1S/C29H45ClN4O2/c1-8-24(18(4)5)21-11-13-23(14-12-21)34(9-2)27-16-22(30)15-25(19(27)6)28(35)31-17-26-20(7)32-33-29(26)36-10-3/h15-16,18,21,23-24H,8-14,17H2,1-7H3,(H,31,35)(H,32,33). The van der Waals surface area contributed by atoms with Gasteiger partial charge in [-0.2, -0.15) is 0 Å². The van der Waals surface area contributed by atoms with E-state index in [1.165, 1.54) is 32.1 Å². The number of rotatable bonds is 11. The summed E-state index contributed by atoms with van der Waals surface area (Å²) in [5.74, 6) is 2.77. The summed E-state index contributed by atoms with van der Waals surface area (Å²) in [6, 6.07) is 4.28. The van der Waals surface area contributed by atoms with E-state index in [2.05, 4.69) is 48.1 Å². The number of ether oxygens (including phenoxy) is 1. The first-order valence-electron chi connectivity index (χ1n) is 13.7. The molecule has 1 fully saturated rings. The van der Waals surface area contributed by atoms with E-state index in [-0.39, 0.29) is 5.91 Å². The van der Waals surface area contributed by atoms with Crippen LogP contribution >= 0.6 is 11.6 Å². The highest BCUT2D eigenvalue weighted by atomic mass is 35.5. The highest BCUT2D eigenvalue weighted by molar-refractivity contribution is 6.31. The Hall–Kier alpha value is -2.21. The highest BCUT2D eigenvalue weighted by Gasteiger charge is 2.31. The molecule has 0 spiro atoms. The van der Waals surface area contributed by atoms with Crippen molar-refractivity contribution in [3.8, 4) is 5.88 Å². The summed E-state index contributed by atoms with van der Waals surface area (Å²) < 4.78 is 5.59. The molecule has 2 aromatic rings. The van der Waals surface area contributed by atoms with Crippen LogP contribution in [0.2, 0.25) is 5.02 Å². The van der Waals surface area contributed by atoms with Gasteiger partial charge >= 0.3 is 0 Å². The monoisotopic (exact) mass is 516 g/mol. The van der Waals surface area contributed by atoms with Crippen molar-refractivity contribution < 1.29 is 9.53 Å². The van der Waals surface area contributed by atoms with E-state index in [4.69, 9.17) is 16.3 Å². The Morgan fingerprint density at radius 1 is 1.19 bits per heavy atom. The van der Waals surface area contributed by atoms with Gasteiger partial charge in [-0.25, -0.2) is 0 Å². The van der Waals surface area contributed by atoms with E-state index in [9.17, 15) is 4.79 Å². The van der Waals surface area contributed by atoms with Crippen molar-refractivity contribution in [2.75, 3.05) is 18.1 Å². The lowest BCUT2D eigenvalue weighted by Crippen LogP contribution is -2.40. The number of benzene rings is 1. The molecule has 1 atom stereocenters. The number of nitrogens with zero attached hydrogens (tertiary/aromatic N) is 2. The zero-order valence-electron chi connectivity index (χ0n) is 23.2. The average molecular weight is 517 g/mol. The zero-order valence-corrected chi connectivity index (χ0v) is 24.0. The fourth-order valence-electron chi connectivity index (χ4n) is 6.17. The molecule has 1 aromatic carbocycles. The Morgan fingerprint density at radius 2 is 1.89 bits per heavy atom. The van der Waals surface area contributed by atoms with Crippen LogP contribution in [0.3, 0.4) is 0 Å². The van der Waals surface area contributed by atoms with Crippen LogP contribution in [0.4, 0.5) is 5.69 Å². The third-order valence-electron chi connectivity index (χ3n) is 8.10. The van der Waals surface area contributed by atoms with Gasteiger partial charge in [0, 0.05) is 34.6 Å². The maximum absolute atomic E-state index is 13.3. The van der Waals surface area contributed by atoms with E-state index in [0.717, 1.165) is 46.8 Å². The minimum Gasteiger partial charge on any atom is -0.477 e. The second-order valence-electron chi connectivity index (χ2n) is 10.5. The summed E-state index contributed by atoms with van der Waals surface area (Å²) in [6.45, 7) is 16.9. The molecule has 2 N–H and O–H groups in total. The number of aryl methyl sites for hydroxylation is 1. The molecule has 3 rings (SSSR count). The normalized spacial score (nSPS) is 18.8. The summed E-state index contributed by atoms with van der Waals surface area (Å²) >= 11 is 6.57. The van der Waals surface area contributed by atoms with Crippen LogP contribution < -0.4 is 15.0 Å². The number of amides is 1. The maximum Gasteiger partial charge on any atom is 0.251 e. The van der Waals surface area contributed by atoms with Gasteiger partial charge in [-0.1, -0.05) is 38.8 Å². The number of halogens is 1. The molecule has 1 aliphatic rings. The lowest BCUT2D eigenvalue weighted by Gasteiger charge is -2.41. The molecular weight excluding hydrogens is 472 g/mol. The molecule has 1 unspecified atom stereocenters. The van der Waals surface area contributed by atoms with Crippen molar-refractivity contribution in [3.05, 3.63) is 39.5 Å². The van der Waals surface area contributed by atoms with E-state index in [1.807, 2.05) is 26.8 Å². The molecule has 0 bridgehead atoms. The third-order valence-corrected chi connectivity index (χ3v) is 8.32. The van der Waals surface area contributed by atoms with Gasteiger partial charge in [0.2, 0.25) is 5.88 Å². The van der Waals surface area contributed by atoms with Crippen molar-refractivity contribution >= 4 is 23.2 Å². The van der Waals surface area contributed by atoms with Crippen molar-refractivity contribution in [2.24, 2.45) is 17.8 Å². The number of aromatic nitrogens is 2. The predicted molar refractivity (Wildman–Crippen MR) is 149 cm³/mol. The summed E-state index contributed by atoms with van der Waals surface area (Å²) in [5.41, 5.74) is 4.42. The van der Waals surface area contributed by atoms with Crippen LogP contribution in [-0.2, 0) is 6.54 Å². The Labute approximate surface area is 222 Å². The minimum atomic E-state index is -0.137. The second-order valence-corrected chi connectivity index (χ2v) is 11.0. The lowest BCUT2D eigenvalue weighted by atomic mass is 9.72.